The molecule has 0 unspecified atom stereocenters. The summed E-state index contributed by atoms with van der Waals surface area (Å²) in [6, 6.07) is 2.08. The highest BCUT2D eigenvalue weighted by Gasteiger charge is 2.30. The van der Waals surface area contributed by atoms with Gasteiger partial charge in [-0.25, -0.2) is 0 Å². The molecule has 2 aromatic rings. The number of piperazine rings is 1. The summed E-state index contributed by atoms with van der Waals surface area (Å²) in [6.45, 7) is 6.50. The first-order valence-electron chi connectivity index (χ1n) is 8.16. The predicted molar refractivity (Wildman–Crippen MR) is 84.9 cm³/mol. The van der Waals surface area contributed by atoms with Gasteiger partial charge in [0.1, 0.15) is 19.3 Å². The second-order valence-corrected chi connectivity index (χ2v) is 6.23. The fourth-order valence-electron chi connectivity index (χ4n) is 3.09. The van der Waals surface area contributed by atoms with E-state index in [-0.39, 0.29) is 6.04 Å². The van der Waals surface area contributed by atoms with Crippen molar-refractivity contribution in [2.24, 2.45) is 0 Å². The van der Waals surface area contributed by atoms with Gasteiger partial charge in [-0.3, -0.25) is 14.8 Å². The Kier molecular flexibility index (Phi) is 4.07. The third-order valence-electron chi connectivity index (χ3n) is 4.43. The zero-order valence-electron chi connectivity index (χ0n) is 13.9. The van der Waals surface area contributed by atoms with Crippen molar-refractivity contribution < 1.29 is 14.0 Å². The van der Waals surface area contributed by atoms with E-state index < -0.39 is 0 Å². The highest BCUT2D eigenvalue weighted by Crippen LogP contribution is 2.30. The van der Waals surface area contributed by atoms with Crippen molar-refractivity contribution in [1.29, 1.82) is 0 Å². The molecule has 0 radical (unpaired) electrons. The molecule has 2 aromatic heterocycles. The average molecular weight is 331 g/mol. The molecule has 4 heterocycles. The molecule has 0 amide bonds. The number of hydrogen-bond acceptors (Lipinski definition) is 8. The second-order valence-electron chi connectivity index (χ2n) is 6.23. The van der Waals surface area contributed by atoms with Crippen LogP contribution in [-0.4, -0.2) is 64.8 Å². The van der Waals surface area contributed by atoms with Gasteiger partial charge in [-0.1, -0.05) is 5.16 Å². The third-order valence-corrected chi connectivity index (χ3v) is 4.43. The van der Waals surface area contributed by atoms with Crippen molar-refractivity contribution >= 4 is 0 Å². The molecular weight excluding hydrogens is 310 g/mol. The van der Waals surface area contributed by atoms with Gasteiger partial charge in [0.25, 0.3) is 0 Å². The average Bonchev–Trinajstić information content (AvgIpc) is 3.03. The lowest BCUT2D eigenvalue weighted by molar-refractivity contribution is 0.0705. The van der Waals surface area contributed by atoms with Crippen LogP contribution in [0.3, 0.4) is 0 Å². The largest absolute Gasteiger partial charge is 0.486 e. The Morgan fingerprint density at radius 3 is 2.83 bits per heavy atom. The fourth-order valence-corrected chi connectivity index (χ4v) is 3.09. The van der Waals surface area contributed by atoms with Crippen LogP contribution in [0, 0.1) is 6.92 Å². The van der Waals surface area contributed by atoms with E-state index in [9.17, 15) is 0 Å². The second kappa shape index (κ2) is 6.37. The first-order chi connectivity index (χ1) is 11.7. The quantitative estimate of drug-likeness (QED) is 0.825. The third kappa shape index (κ3) is 3.07. The number of aryl methyl sites for hydroxylation is 1. The number of likely N-dealkylation sites (N-methyl/N-ethyl adjacent to an activating group) is 1. The molecule has 2 aliphatic rings. The summed E-state index contributed by atoms with van der Waals surface area (Å²) in [5.74, 6) is 2.85. The monoisotopic (exact) mass is 331 g/mol. The van der Waals surface area contributed by atoms with Crippen LogP contribution in [0.1, 0.15) is 23.5 Å². The van der Waals surface area contributed by atoms with Gasteiger partial charge in [0.2, 0.25) is 5.89 Å². The summed E-state index contributed by atoms with van der Waals surface area (Å²) in [6.07, 6.45) is 1.75. The van der Waals surface area contributed by atoms with E-state index in [4.69, 9.17) is 14.0 Å². The van der Waals surface area contributed by atoms with E-state index in [1.54, 1.807) is 6.20 Å². The maximum atomic E-state index is 5.64. The Hall–Kier alpha value is -2.19. The lowest BCUT2D eigenvalue weighted by Gasteiger charge is -2.37. The van der Waals surface area contributed by atoms with E-state index in [0.29, 0.717) is 24.9 Å². The van der Waals surface area contributed by atoms with Gasteiger partial charge in [0.05, 0.1) is 11.9 Å². The fraction of sp³-hybridized carbons (Fsp3) is 0.562. The van der Waals surface area contributed by atoms with Gasteiger partial charge >= 0.3 is 0 Å². The van der Waals surface area contributed by atoms with Crippen LogP contribution in [0.5, 0.6) is 11.5 Å². The Morgan fingerprint density at radius 1 is 1.21 bits per heavy atom. The molecule has 0 spiro atoms. The van der Waals surface area contributed by atoms with Crippen LogP contribution in [0.25, 0.3) is 0 Å². The summed E-state index contributed by atoms with van der Waals surface area (Å²) < 4.78 is 16.5. The van der Waals surface area contributed by atoms with Crippen molar-refractivity contribution in [3.63, 3.8) is 0 Å². The minimum atomic E-state index is 0.108. The van der Waals surface area contributed by atoms with E-state index in [1.807, 2.05) is 13.0 Å². The number of hydrogen-bond donors (Lipinski definition) is 0. The molecule has 128 valence electrons. The molecule has 0 aromatic carbocycles. The van der Waals surface area contributed by atoms with Gasteiger partial charge in [-0.2, -0.15) is 4.98 Å². The maximum Gasteiger partial charge on any atom is 0.245 e. The summed E-state index contributed by atoms with van der Waals surface area (Å²) >= 11 is 0. The van der Waals surface area contributed by atoms with Gasteiger partial charge in [0, 0.05) is 32.2 Å². The van der Waals surface area contributed by atoms with Crippen molar-refractivity contribution in [3.05, 3.63) is 29.7 Å². The van der Waals surface area contributed by atoms with Crippen molar-refractivity contribution in [1.82, 2.24) is 24.9 Å². The number of nitrogens with zero attached hydrogens (tertiary/aromatic N) is 5. The lowest BCUT2D eigenvalue weighted by Crippen LogP contribution is -2.46. The molecule has 1 atom stereocenters. The van der Waals surface area contributed by atoms with E-state index in [2.05, 4.69) is 32.0 Å². The van der Waals surface area contributed by atoms with E-state index in [1.165, 1.54) is 0 Å². The summed E-state index contributed by atoms with van der Waals surface area (Å²) in [5, 5.41) is 3.91. The molecule has 0 saturated carbocycles. The minimum absolute atomic E-state index is 0.108. The zero-order valence-corrected chi connectivity index (χ0v) is 13.9. The van der Waals surface area contributed by atoms with Gasteiger partial charge in [0.15, 0.2) is 17.3 Å². The van der Waals surface area contributed by atoms with Crippen LogP contribution in [0.15, 0.2) is 16.8 Å². The lowest BCUT2D eigenvalue weighted by atomic mass is 10.1. The molecule has 8 heteroatoms. The van der Waals surface area contributed by atoms with Crippen molar-refractivity contribution in [2.75, 3.05) is 39.9 Å². The highest BCUT2D eigenvalue weighted by atomic mass is 16.6. The van der Waals surface area contributed by atoms with E-state index >= 15 is 0 Å². The van der Waals surface area contributed by atoms with Crippen molar-refractivity contribution in [2.45, 2.75) is 19.5 Å². The molecule has 0 N–H and O–H groups in total. The molecular formula is C16H21N5O3. The Morgan fingerprint density at radius 2 is 2.04 bits per heavy atom. The minimum Gasteiger partial charge on any atom is -0.486 e. The maximum absolute atomic E-state index is 5.64. The highest BCUT2D eigenvalue weighted by molar-refractivity contribution is 5.39. The molecule has 0 bridgehead atoms. The van der Waals surface area contributed by atoms with Crippen LogP contribution in [-0.2, 0) is 6.54 Å². The van der Waals surface area contributed by atoms with Crippen molar-refractivity contribution in [3.8, 4) is 11.5 Å². The smallest absolute Gasteiger partial charge is 0.245 e. The normalized spacial score (nSPS) is 21.8. The van der Waals surface area contributed by atoms with Gasteiger partial charge in [-0.15, -0.1) is 0 Å². The SMILES string of the molecule is Cc1noc([C@@H]2CN(Cc3cc4c(cn3)OCCO4)CCN2C)n1. The standard InChI is InChI=1S/C16H21N5O3/c1-11-18-16(24-19-11)13-10-21(4-3-20(13)2)9-12-7-14-15(8-17-12)23-6-5-22-14/h7-8,13H,3-6,9-10H2,1-2H3/t13-/m0/s1. The Balaban J connectivity index is 1.46. The molecule has 0 aliphatic carbocycles. The van der Waals surface area contributed by atoms with E-state index in [0.717, 1.165) is 43.4 Å². The van der Waals surface area contributed by atoms with Crippen LogP contribution < -0.4 is 9.47 Å². The van der Waals surface area contributed by atoms with Gasteiger partial charge < -0.3 is 14.0 Å². The van der Waals surface area contributed by atoms with Crippen LogP contribution in [0.4, 0.5) is 0 Å². The number of ether oxygens (including phenoxy) is 2. The molecule has 8 nitrogen and oxygen atoms in total. The molecule has 1 saturated heterocycles. The topological polar surface area (TPSA) is 76.8 Å². The van der Waals surface area contributed by atoms with Crippen LogP contribution >= 0.6 is 0 Å². The molecule has 24 heavy (non-hydrogen) atoms. The predicted octanol–water partition coefficient (Wildman–Crippen LogP) is 1.03. The molecule has 2 aliphatic heterocycles. The summed E-state index contributed by atoms with van der Waals surface area (Å²) in [5.41, 5.74) is 0.976. The summed E-state index contributed by atoms with van der Waals surface area (Å²) in [4.78, 5) is 13.5. The number of rotatable bonds is 3. The zero-order chi connectivity index (χ0) is 16.5. The first kappa shape index (κ1) is 15.3. The molecule has 4 rings (SSSR count). The Bertz CT molecular complexity index is 719. The number of pyridine rings is 1. The van der Waals surface area contributed by atoms with Gasteiger partial charge in [-0.05, 0) is 14.0 Å². The van der Waals surface area contributed by atoms with Crippen LogP contribution in [0.2, 0.25) is 0 Å². The molecule has 1 fully saturated rings. The summed E-state index contributed by atoms with van der Waals surface area (Å²) in [7, 11) is 2.09. The number of aromatic nitrogens is 3. The first-order valence-corrected chi connectivity index (χ1v) is 8.16. The number of fused-ring (bicyclic) bond motifs is 1. The Labute approximate surface area is 140 Å².